The van der Waals surface area contributed by atoms with Gasteiger partial charge in [0.25, 0.3) is 0 Å². The van der Waals surface area contributed by atoms with Crippen molar-refractivity contribution in [2.75, 3.05) is 0 Å². The highest BCUT2D eigenvalue weighted by atomic mass is 16.4. The molecule has 7 nitrogen and oxygen atoms in total. The van der Waals surface area contributed by atoms with Gasteiger partial charge in [0.15, 0.2) is 0 Å². The number of hydrogen-bond donors (Lipinski definition) is 1. The second-order valence-corrected chi connectivity index (χ2v) is 2.18. The van der Waals surface area contributed by atoms with E-state index >= 15 is 0 Å². The van der Waals surface area contributed by atoms with Gasteiger partial charge in [-0.15, -0.1) is 0 Å². The van der Waals surface area contributed by atoms with Crippen molar-refractivity contribution in [1.29, 1.82) is 0 Å². The van der Waals surface area contributed by atoms with Crippen molar-refractivity contribution in [3.05, 3.63) is 0 Å². The molecule has 0 aliphatic heterocycles. The standard InChI is InChI=1S/C7H14O2.H3N.4H2O/c1-2-3-4-5-6-7(8)9;;;;;/h2-6H2,1H3,(H,8,9);1H3;4*1H2. The summed E-state index contributed by atoms with van der Waals surface area (Å²) in [6.07, 6.45) is 4.29. The fourth-order valence-corrected chi connectivity index (χ4v) is 0.696. The Morgan fingerprint density at radius 1 is 1.00 bits per heavy atom. The summed E-state index contributed by atoms with van der Waals surface area (Å²) in [6.45, 7) is 2.10. The number of carbonyl (C=O) groups excluding carboxylic acids is 1. The smallest absolute Gasteiger partial charge is 0.0414 e. The maximum absolute atomic E-state index is 9.85. The molecule has 0 bridgehead atoms. The third-order valence-corrected chi connectivity index (χ3v) is 1.23. The highest BCUT2D eigenvalue weighted by molar-refractivity contribution is 5.63. The van der Waals surface area contributed by atoms with Gasteiger partial charge < -0.3 is 38.0 Å². The van der Waals surface area contributed by atoms with Gasteiger partial charge in [0, 0.05) is 5.97 Å². The van der Waals surface area contributed by atoms with E-state index in [1.807, 2.05) is 0 Å². The molecule has 0 amide bonds. The van der Waals surface area contributed by atoms with Gasteiger partial charge in [0.05, 0.1) is 0 Å². The highest BCUT2D eigenvalue weighted by Gasteiger charge is 1.86. The first kappa shape index (κ1) is 37.8. The van der Waals surface area contributed by atoms with Crippen molar-refractivity contribution in [2.45, 2.75) is 39.0 Å². The lowest BCUT2D eigenvalue weighted by molar-refractivity contribution is -0.305. The molecule has 0 saturated carbocycles. The fraction of sp³-hybridized carbons (Fsp3) is 0.857. The molecule has 0 aromatic heterocycles. The van der Waals surface area contributed by atoms with Gasteiger partial charge in [-0.25, -0.2) is 0 Å². The zero-order valence-corrected chi connectivity index (χ0v) is 8.85. The second-order valence-electron chi connectivity index (χ2n) is 2.18. The Labute approximate surface area is 83.9 Å². The average molecular weight is 219 g/mol. The Hall–Kier alpha value is -0.730. The Morgan fingerprint density at radius 2 is 1.43 bits per heavy atom. The summed E-state index contributed by atoms with van der Waals surface area (Å²) in [5.41, 5.74) is 0. The van der Waals surface area contributed by atoms with Gasteiger partial charge in [-0.3, -0.25) is 0 Å². The minimum Gasteiger partial charge on any atom is -0.550 e. The Balaban J connectivity index is -0.0000000320. The van der Waals surface area contributed by atoms with Gasteiger partial charge in [-0.05, 0) is 12.8 Å². The maximum Gasteiger partial charge on any atom is 0.0414 e. The third-order valence-electron chi connectivity index (χ3n) is 1.23. The molecule has 7 heteroatoms. The summed E-state index contributed by atoms with van der Waals surface area (Å²) in [5.74, 6) is -0.925. The largest absolute Gasteiger partial charge is 0.550 e. The first-order chi connectivity index (χ1) is 4.27. The molecule has 0 saturated heterocycles. The predicted molar refractivity (Wildman–Crippen MR) is 54.2 cm³/mol. The molecular weight excluding hydrogens is 194 g/mol. The predicted octanol–water partition coefficient (Wildman–Crippen LogP) is -2.22. The number of rotatable bonds is 5. The van der Waals surface area contributed by atoms with Crippen molar-refractivity contribution in [1.82, 2.24) is 6.15 Å². The van der Waals surface area contributed by atoms with E-state index in [0.717, 1.165) is 25.7 Å². The summed E-state index contributed by atoms with van der Waals surface area (Å²) in [7, 11) is 0. The Morgan fingerprint density at radius 3 is 1.71 bits per heavy atom. The molecule has 0 aliphatic carbocycles. The molecule has 0 aromatic rings. The summed E-state index contributed by atoms with van der Waals surface area (Å²) >= 11 is 0. The second kappa shape index (κ2) is 29.5. The van der Waals surface area contributed by atoms with Crippen LogP contribution in [0, 0.1) is 0 Å². The van der Waals surface area contributed by atoms with Crippen LogP contribution in [0.5, 0.6) is 0 Å². The van der Waals surface area contributed by atoms with E-state index in [0.29, 0.717) is 0 Å². The number of quaternary nitrogens is 1. The van der Waals surface area contributed by atoms with E-state index in [1.165, 1.54) is 0 Å². The van der Waals surface area contributed by atoms with Crippen LogP contribution in [0.25, 0.3) is 0 Å². The molecular formula is C7H25NO6. The average Bonchev–Trinajstić information content (AvgIpc) is 1.80. The van der Waals surface area contributed by atoms with E-state index < -0.39 is 5.97 Å². The lowest BCUT2D eigenvalue weighted by Gasteiger charge is -1.99. The van der Waals surface area contributed by atoms with E-state index in [9.17, 15) is 9.90 Å². The van der Waals surface area contributed by atoms with Crippen molar-refractivity contribution in [3.63, 3.8) is 0 Å². The molecule has 14 heavy (non-hydrogen) atoms. The first-order valence-electron chi connectivity index (χ1n) is 3.47. The number of carboxylic acids is 1. The van der Waals surface area contributed by atoms with Crippen LogP contribution in [0.4, 0.5) is 0 Å². The van der Waals surface area contributed by atoms with Crippen LogP contribution in [0.1, 0.15) is 39.0 Å². The Bertz CT molecular complexity index is 90.2. The van der Waals surface area contributed by atoms with Crippen LogP contribution < -0.4 is 11.3 Å². The van der Waals surface area contributed by atoms with Crippen molar-refractivity contribution >= 4 is 5.97 Å². The number of hydrogen-bond acceptors (Lipinski definition) is 2. The van der Waals surface area contributed by atoms with Crippen LogP contribution in [-0.4, -0.2) is 27.9 Å². The number of unbranched alkanes of at least 4 members (excludes halogenated alkanes) is 3. The summed E-state index contributed by atoms with van der Waals surface area (Å²) in [6, 6.07) is 0. The SMILES string of the molecule is CCCCCCC(=O)[O-].O.O.O.O.[NH4+]. The minimum atomic E-state index is -0.925. The topological polar surface area (TPSA) is 203 Å². The number of carboxylic acid groups (broad SMARTS) is 1. The molecule has 0 aromatic carbocycles. The molecule has 0 heterocycles. The normalized spacial score (nSPS) is 6.07. The maximum atomic E-state index is 9.85. The lowest BCUT2D eigenvalue weighted by atomic mass is 10.2. The zero-order valence-electron chi connectivity index (χ0n) is 8.85. The van der Waals surface area contributed by atoms with Gasteiger partial charge in [-0.2, -0.15) is 0 Å². The van der Waals surface area contributed by atoms with Crippen LogP contribution >= 0.6 is 0 Å². The highest BCUT2D eigenvalue weighted by Crippen LogP contribution is 2.00. The van der Waals surface area contributed by atoms with Gasteiger partial charge in [0.1, 0.15) is 0 Å². The van der Waals surface area contributed by atoms with E-state index in [4.69, 9.17) is 0 Å². The van der Waals surface area contributed by atoms with E-state index in [2.05, 4.69) is 6.92 Å². The minimum absolute atomic E-state index is 0. The zero-order chi connectivity index (χ0) is 7.11. The molecule has 0 radical (unpaired) electrons. The summed E-state index contributed by atoms with van der Waals surface area (Å²) in [5, 5.41) is 9.85. The Kier molecular flexibility index (Phi) is 79.6. The molecule has 0 aliphatic rings. The third kappa shape index (κ3) is 42.8. The molecule has 94 valence electrons. The van der Waals surface area contributed by atoms with Crippen LogP contribution in [0.15, 0.2) is 0 Å². The fourth-order valence-electron chi connectivity index (χ4n) is 0.696. The van der Waals surface area contributed by atoms with Gasteiger partial charge in [0.2, 0.25) is 0 Å². The number of aliphatic carboxylic acids is 1. The van der Waals surface area contributed by atoms with Crippen molar-refractivity contribution in [2.24, 2.45) is 0 Å². The van der Waals surface area contributed by atoms with Crippen LogP contribution in [0.3, 0.4) is 0 Å². The number of carbonyl (C=O) groups is 1. The molecule has 0 rings (SSSR count). The lowest BCUT2D eigenvalue weighted by Crippen LogP contribution is -2.21. The molecule has 0 atom stereocenters. The van der Waals surface area contributed by atoms with Crippen molar-refractivity contribution in [3.8, 4) is 0 Å². The van der Waals surface area contributed by atoms with Gasteiger partial charge >= 0.3 is 0 Å². The molecule has 12 N–H and O–H groups in total. The molecule has 0 fully saturated rings. The molecule has 0 unspecified atom stereocenters. The first-order valence-corrected chi connectivity index (χ1v) is 3.47. The summed E-state index contributed by atoms with van der Waals surface area (Å²) in [4.78, 5) is 9.85. The van der Waals surface area contributed by atoms with Gasteiger partial charge in [-0.1, -0.05) is 26.2 Å². The quantitative estimate of drug-likeness (QED) is 0.510. The summed E-state index contributed by atoms with van der Waals surface area (Å²) < 4.78 is 0. The van der Waals surface area contributed by atoms with Crippen LogP contribution in [0.2, 0.25) is 0 Å². The van der Waals surface area contributed by atoms with Crippen molar-refractivity contribution < 1.29 is 31.8 Å². The van der Waals surface area contributed by atoms with E-state index in [1.54, 1.807) is 0 Å². The van der Waals surface area contributed by atoms with Crippen LogP contribution in [-0.2, 0) is 4.79 Å². The van der Waals surface area contributed by atoms with E-state index in [-0.39, 0.29) is 34.5 Å². The monoisotopic (exact) mass is 219 g/mol. The molecule has 0 spiro atoms.